The number of hydrogen-bond donors (Lipinski definition) is 2. The molecule has 4 aromatic rings. The molecule has 1 atom stereocenters. The van der Waals surface area contributed by atoms with Crippen molar-refractivity contribution in [3.63, 3.8) is 0 Å². The van der Waals surface area contributed by atoms with Gasteiger partial charge in [-0.2, -0.15) is 0 Å². The van der Waals surface area contributed by atoms with Crippen LogP contribution in [0.25, 0.3) is 0 Å². The van der Waals surface area contributed by atoms with E-state index in [2.05, 4.69) is 15.3 Å². The molecule has 0 radical (unpaired) electrons. The summed E-state index contributed by atoms with van der Waals surface area (Å²) in [7, 11) is 0. The molecule has 1 unspecified atom stereocenters. The van der Waals surface area contributed by atoms with Crippen LogP contribution < -0.4 is 15.0 Å². The number of carbonyl (C=O) groups excluding carboxylic acids is 2. The van der Waals surface area contributed by atoms with Gasteiger partial charge in [0.1, 0.15) is 29.2 Å². The lowest BCUT2D eigenvalue weighted by Crippen LogP contribution is -2.49. The van der Waals surface area contributed by atoms with Gasteiger partial charge in [0.25, 0.3) is 11.8 Å². The van der Waals surface area contributed by atoms with Crippen molar-refractivity contribution in [1.29, 1.82) is 0 Å². The Morgan fingerprint density at radius 2 is 1.57 bits per heavy atom. The summed E-state index contributed by atoms with van der Waals surface area (Å²) >= 11 is 0. The number of benzene rings is 2. The molecule has 2 aromatic heterocycles. The maximum Gasteiger partial charge on any atom is 0.257 e. The number of rotatable bonds is 8. The van der Waals surface area contributed by atoms with Gasteiger partial charge in [0.05, 0.1) is 12.3 Å². The molecule has 8 nitrogen and oxygen atoms in total. The van der Waals surface area contributed by atoms with Gasteiger partial charge in [0.15, 0.2) is 0 Å². The highest BCUT2D eigenvalue weighted by Gasteiger charge is 2.29. The molecule has 0 bridgehead atoms. The molecule has 0 aliphatic rings. The molecule has 2 heterocycles. The van der Waals surface area contributed by atoms with Crippen molar-refractivity contribution in [3.05, 3.63) is 109 Å². The largest absolute Gasteiger partial charge is 0.457 e. The van der Waals surface area contributed by atoms with Gasteiger partial charge < -0.3 is 15.2 Å². The molecule has 0 fully saturated rings. The summed E-state index contributed by atoms with van der Waals surface area (Å²) in [6.07, 6.45) is 4.45. The molecule has 0 saturated heterocycles. The van der Waals surface area contributed by atoms with Crippen molar-refractivity contribution in [3.8, 4) is 11.5 Å². The summed E-state index contributed by atoms with van der Waals surface area (Å²) in [4.78, 5) is 35.5. The first kappa shape index (κ1) is 23.5. The Labute approximate surface area is 200 Å². The fourth-order valence-corrected chi connectivity index (χ4v) is 3.25. The first-order chi connectivity index (χ1) is 17.0. The molecular weight excluding hydrogens is 451 g/mol. The summed E-state index contributed by atoms with van der Waals surface area (Å²) in [6, 6.07) is 19.0. The SMILES string of the molecule is O=C(NC(CO)C(=O)N(c1ccc(Oc2ccc(F)cc2)cc1)c1ccccn1)c1ccncc1. The molecular formula is C26H21FN4O4. The van der Waals surface area contributed by atoms with Crippen LogP contribution in [-0.4, -0.2) is 39.5 Å². The maximum atomic E-state index is 13.5. The topological polar surface area (TPSA) is 105 Å². The van der Waals surface area contributed by atoms with Crippen LogP contribution in [0.5, 0.6) is 11.5 Å². The predicted octanol–water partition coefficient (Wildman–Crippen LogP) is 3.86. The van der Waals surface area contributed by atoms with Crippen LogP contribution in [0.2, 0.25) is 0 Å². The summed E-state index contributed by atoms with van der Waals surface area (Å²) in [5.74, 6) is -0.243. The highest BCUT2D eigenvalue weighted by atomic mass is 19.1. The van der Waals surface area contributed by atoms with Gasteiger partial charge in [0, 0.05) is 24.2 Å². The third-order valence-electron chi connectivity index (χ3n) is 4.97. The standard InChI is InChI=1S/C26H21FN4O4/c27-19-4-8-21(9-5-19)35-22-10-6-20(7-11-22)31(24-3-1-2-14-29-24)26(34)23(17-32)30-25(33)18-12-15-28-16-13-18/h1-16,23,32H,17H2,(H,30,33). The number of aliphatic hydroxyl groups excluding tert-OH is 1. The van der Waals surface area contributed by atoms with Crippen LogP contribution in [0.3, 0.4) is 0 Å². The van der Waals surface area contributed by atoms with Crippen LogP contribution in [0.1, 0.15) is 10.4 Å². The molecule has 2 amide bonds. The Morgan fingerprint density at radius 1 is 0.914 bits per heavy atom. The Bertz CT molecular complexity index is 1270. The molecule has 0 spiro atoms. The van der Waals surface area contributed by atoms with Gasteiger partial charge in [0.2, 0.25) is 0 Å². The van der Waals surface area contributed by atoms with E-state index >= 15 is 0 Å². The lowest BCUT2D eigenvalue weighted by molar-refractivity contribution is -0.120. The minimum Gasteiger partial charge on any atom is -0.457 e. The second-order valence-electron chi connectivity index (χ2n) is 7.36. The smallest absolute Gasteiger partial charge is 0.257 e. The zero-order valence-corrected chi connectivity index (χ0v) is 18.4. The number of pyridine rings is 2. The monoisotopic (exact) mass is 472 g/mol. The third-order valence-corrected chi connectivity index (χ3v) is 4.97. The molecule has 176 valence electrons. The molecule has 4 rings (SSSR count). The molecule has 9 heteroatoms. The molecule has 0 aliphatic heterocycles. The Kier molecular flexibility index (Phi) is 7.39. The third kappa shape index (κ3) is 5.84. The van der Waals surface area contributed by atoms with Crippen molar-refractivity contribution in [2.45, 2.75) is 6.04 Å². The number of carbonyl (C=O) groups is 2. The van der Waals surface area contributed by atoms with Gasteiger partial charge in [-0.1, -0.05) is 6.07 Å². The van der Waals surface area contributed by atoms with Gasteiger partial charge in [-0.3, -0.25) is 19.5 Å². The van der Waals surface area contributed by atoms with Crippen molar-refractivity contribution in [1.82, 2.24) is 15.3 Å². The van der Waals surface area contributed by atoms with Crippen molar-refractivity contribution in [2.75, 3.05) is 11.5 Å². The lowest BCUT2D eigenvalue weighted by Gasteiger charge is -2.26. The minimum atomic E-state index is -1.23. The van der Waals surface area contributed by atoms with Crippen molar-refractivity contribution >= 4 is 23.3 Å². The van der Waals surface area contributed by atoms with E-state index in [0.29, 0.717) is 28.6 Å². The normalized spacial score (nSPS) is 11.4. The highest BCUT2D eigenvalue weighted by Crippen LogP contribution is 2.29. The van der Waals surface area contributed by atoms with E-state index in [9.17, 15) is 19.1 Å². The van der Waals surface area contributed by atoms with Gasteiger partial charge in [-0.15, -0.1) is 0 Å². The molecule has 0 saturated carbocycles. The van der Waals surface area contributed by atoms with Gasteiger partial charge >= 0.3 is 0 Å². The van der Waals surface area contributed by atoms with E-state index in [1.165, 1.54) is 59.9 Å². The maximum absolute atomic E-state index is 13.5. The van der Waals surface area contributed by atoms with Gasteiger partial charge in [-0.05, 0) is 72.8 Å². The lowest BCUT2D eigenvalue weighted by atomic mass is 10.2. The molecule has 0 aliphatic carbocycles. The van der Waals surface area contributed by atoms with Gasteiger partial charge in [-0.25, -0.2) is 9.37 Å². The first-order valence-corrected chi connectivity index (χ1v) is 10.7. The fourth-order valence-electron chi connectivity index (χ4n) is 3.25. The number of hydrogen-bond acceptors (Lipinski definition) is 6. The van der Waals surface area contributed by atoms with Crippen LogP contribution in [0.15, 0.2) is 97.5 Å². The predicted molar refractivity (Wildman–Crippen MR) is 127 cm³/mol. The Balaban J connectivity index is 1.58. The second-order valence-corrected chi connectivity index (χ2v) is 7.36. The highest BCUT2D eigenvalue weighted by molar-refractivity contribution is 6.06. The molecule has 2 aromatic carbocycles. The average Bonchev–Trinajstić information content (AvgIpc) is 2.90. The van der Waals surface area contributed by atoms with E-state index in [1.807, 2.05) is 0 Å². The summed E-state index contributed by atoms with van der Waals surface area (Å²) < 4.78 is 18.8. The van der Waals surface area contributed by atoms with Crippen LogP contribution in [-0.2, 0) is 4.79 Å². The number of nitrogens with one attached hydrogen (secondary N) is 1. The van der Waals surface area contributed by atoms with E-state index in [0.717, 1.165) is 0 Å². The van der Waals surface area contributed by atoms with Crippen molar-refractivity contribution in [2.24, 2.45) is 0 Å². The summed E-state index contributed by atoms with van der Waals surface area (Å²) in [5, 5.41) is 12.5. The van der Waals surface area contributed by atoms with E-state index < -0.39 is 24.5 Å². The van der Waals surface area contributed by atoms with Crippen molar-refractivity contribution < 1.29 is 23.8 Å². The number of aromatic nitrogens is 2. The average molecular weight is 472 g/mol. The van der Waals surface area contributed by atoms with Crippen LogP contribution in [0, 0.1) is 5.82 Å². The summed E-state index contributed by atoms with van der Waals surface area (Å²) in [6.45, 7) is -0.620. The van der Waals surface area contributed by atoms with E-state index in [1.54, 1.807) is 42.5 Å². The van der Waals surface area contributed by atoms with E-state index in [4.69, 9.17) is 4.74 Å². The van der Waals surface area contributed by atoms with E-state index in [-0.39, 0.29) is 5.82 Å². The quantitative estimate of drug-likeness (QED) is 0.404. The number of amides is 2. The molecule has 2 N–H and O–H groups in total. The number of halogens is 1. The number of anilines is 2. The second kappa shape index (κ2) is 11.0. The van der Waals surface area contributed by atoms with Crippen LogP contribution >= 0.6 is 0 Å². The minimum absolute atomic E-state index is 0.304. The molecule has 35 heavy (non-hydrogen) atoms. The number of nitrogens with zero attached hydrogens (tertiary/aromatic N) is 3. The fraction of sp³-hybridized carbons (Fsp3) is 0.0769. The Hall–Kier alpha value is -4.63. The first-order valence-electron chi connectivity index (χ1n) is 10.7. The number of ether oxygens (including phenoxy) is 1. The zero-order chi connectivity index (χ0) is 24.6. The number of aliphatic hydroxyl groups is 1. The zero-order valence-electron chi connectivity index (χ0n) is 18.4. The summed E-state index contributed by atoms with van der Waals surface area (Å²) in [5.41, 5.74) is 0.745. The van der Waals surface area contributed by atoms with Crippen LogP contribution in [0.4, 0.5) is 15.9 Å². The Morgan fingerprint density at radius 3 is 2.17 bits per heavy atom.